The van der Waals surface area contributed by atoms with Crippen LogP contribution in [0.3, 0.4) is 0 Å². The van der Waals surface area contributed by atoms with E-state index in [1.165, 1.54) is 65.6 Å². The fraction of sp³-hybridized carbons (Fsp3) is 0. The highest BCUT2D eigenvalue weighted by atomic mass is 15.0. The fourth-order valence-corrected chi connectivity index (χ4v) is 6.03. The summed E-state index contributed by atoms with van der Waals surface area (Å²) in [5, 5.41) is 9.01. The van der Waals surface area contributed by atoms with E-state index < -0.39 is 0 Å². The van der Waals surface area contributed by atoms with Gasteiger partial charge in [0.1, 0.15) is 0 Å². The summed E-state index contributed by atoms with van der Waals surface area (Å²) < 4.78 is 4.80. The van der Waals surface area contributed by atoms with Crippen LogP contribution in [0.1, 0.15) is 0 Å². The van der Waals surface area contributed by atoms with E-state index in [0.29, 0.717) is 0 Å². The Morgan fingerprint density at radius 2 is 1.03 bits per heavy atom. The van der Waals surface area contributed by atoms with Crippen LogP contribution < -0.4 is 0 Å². The molecule has 0 aliphatic heterocycles. The molecule has 0 saturated carbocycles. The predicted octanol–water partition coefficient (Wildman–Crippen LogP) is 9.03. The Balaban J connectivity index is 1.71. The SMILES string of the molecule is c1ccc(-n2ccc3c2c2ccccc2c2c4c5ccccc5ccc4n(-c4ccccc4)c32)cc1. The van der Waals surface area contributed by atoms with Crippen molar-refractivity contribution in [2.75, 3.05) is 0 Å². The van der Waals surface area contributed by atoms with Gasteiger partial charge in [0.25, 0.3) is 0 Å². The van der Waals surface area contributed by atoms with Crippen molar-refractivity contribution >= 4 is 54.3 Å². The topological polar surface area (TPSA) is 9.86 Å². The smallest absolute Gasteiger partial charge is 0.0641 e. The maximum absolute atomic E-state index is 2.46. The first-order valence-electron chi connectivity index (χ1n) is 12.4. The Labute approximate surface area is 208 Å². The summed E-state index contributed by atoms with van der Waals surface area (Å²) in [7, 11) is 0. The number of hydrogen-bond donors (Lipinski definition) is 0. The molecule has 0 radical (unpaired) electrons. The van der Waals surface area contributed by atoms with Crippen LogP contribution in [0.5, 0.6) is 0 Å². The normalized spacial score (nSPS) is 11.9. The summed E-state index contributed by atoms with van der Waals surface area (Å²) in [6.07, 6.45) is 2.22. The van der Waals surface area contributed by atoms with E-state index in [1.807, 2.05) is 0 Å². The molecule has 2 heteroatoms. The van der Waals surface area contributed by atoms with Gasteiger partial charge in [0.15, 0.2) is 0 Å². The first kappa shape index (κ1) is 19.5. The highest BCUT2D eigenvalue weighted by Gasteiger charge is 2.22. The number of aromatic nitrogens is 2. The van der Waals surface area contributed by atoms with Crippen LogP contribution in [0.2, 0.25) is 0 Å². The van der Waals surface area contributed by atoms with Crippen molar-refractivity contribution in [2.45, 2.75) is 0 Å². The summed E-state index contributed by atoms with van der Waals surface area (Å²) in [5.41, 5.74) is 6.09. The molecule has 36 heavy (non-hydrogen) atoms. The van der Waals surface area contributed by atoms with E-state index in [-0.39, 0.29) is 0 Å². The zero-order chi connectivity index (χ0) is 23.6. The van der Waals surface area contributed by atoms with Crippen molar-refractivity contribution in [3.8, 4) is 11.4 Å². The number of hydrogen-bond acceptors (Lipinski definition) is 0. The molecule has 2 aromatic heterocycles. The Hall–Kier alpha value is -4.82. The van der Waals surface area contributed by atoms with Gasteiger partial charge in [0.05, 0.1) is 16.6 Å². The molecule has 8 aromatic rings. The molecule has 2 heterocycles. The summed E-state index contributed by atoms with van der Waals surface area (Å²) in [4.78, 5) is 0. The van der Waals surface area contributed by atoms with E-state index in [2.05, 4.69) is 143 Å². The highest BCUT2D eigenvalue weighted by molar-refractivity contribution is 6.35. The molecule has 0 unspecified atom stereocenters. The molecule has 0 atom stereocenters. The lowest BCUT2D eigenvalue weighted by molar-refractivity contribution is 1.13. The minimum Gasteiger partial charge on any atom is -0.316 e. The molecule has 6 aromatic carbocycles. The molecule has 168 valence electrons. The lowest BCUT2D eigenvalue weighted by Gasteiger charge is -2.12. The van der Waals surface area contributed by atoms with Crippen LogP contribution in [0.4, 0.5) is 0 Å². The maximum Gasteiger partial charge on any atom is 0.0641 e. The van der Waals surface area contributed by atoms with E-state index in [1.54, 1.807) is 0 Å². The van der Waals surface area contributed by atoms with Crippen molar-refractivity contribution in [1.29, 1.82) is 0 Å². The summed E-state index contributed by atoms with van der Waals surface area (Å²) in [6, 6.07) is 45.9. The fourth-order valence-electron chi connectivity index (χ4n) is 6.03. The van der Waals surface area contributed by atoms with Gasteiger partial charge in [-0.05, 0) is 52.6 Å². The Morgan fingerprint density at radius 1 is 0.389 bits per heavy atom. The van der Waals surface area contributed by atoms with E-state index in [0.717, 1.165) is 0 Å². The Morgan fingerprint density at radius 3 is 1.81 bits per heavy atom. The number of fused-ring (bicyclic) bond motifs is 10. The minimum atomic E-state index is 1.17. The van der Waals surface area contributed by atoms with Crippen LogP contribution in [0, 0.1) is 0 Å². The molecular weight excluding hydrogens is 436 g/mol. The van der Waals surface area contributed by atoms with E-state index in [4.69, 9.17) is 0 Å². The summed E-state index contributed by atoms with van der Waals surface area (Å²) in [5.74, 6) is 0. The molecule has 8 rings (SSSR count). The summed E-state index contributed by atoms with van der Waals surface area (Å²) in [6.45, 7) is 0. The van der Waals surface area contributed by atoms with Crippen molar-refractivity contribution in [1.82, 2.24) is 9.13 Å². The molecular formula is C34H22N2. The molecule has 0 fully saturated rings. The average Bonchev–Trinajstić information content (AvgIpc) is 3.54. The van der Waals surface area contributed by atoms with Gasteiger partial charge in [-0.2, -0.15) is 0 Å². The maximum atomic E-state index is 2.46. The van der Waals surface area contributed by atoms with Crippen LogP contribution >= 0.6 is 0 Å². The average molecular weight is 459 g/mol. The second kappa shape index (κ2) is 7.34. The predicted molar refractivity (Wildman–Crippen MR) is 153 cm³/mol. The van der Waals surface area contributed by atoms with Crippen LogP contribution in [0.15, 0.2) is 134 Å². The molecule has 2 nitrogen and oxygen atoms in total. The minimum absolute atomic E-state index is 1.17. The monoisotopic (exact) mass is 458 g/mol. The van der Waals surface area contributed by atoms with Crippen LogP contribution in [0.25, 0.3) is 65.6 Å². The lowest BCUT2D eigenvalue weighted by atomic mass is 9.98. The lowest BCUT2D eigenvalue weighted by Crippen LogP contribution is -1.95. The Bertz CT molecular complexity index is 2080. The van der Waals surface area contributed by atoms with Crippen molar-refractivity contribution in [3.63, 3.8) is 0 Å². The number of nitrogens with zero attached hydrogens (tertiary/aromatic N) is 2. The molecule has 0 bridgehead atoms. The second-order valence-corrected chi connectivity index (χ2v) is 9.40. The third-order valence-corrected chi connectivity index (χ3v) is 7.50. The third-order valence-electron chi connectivity index (χ3n) is 7.50. The van der Waals surface area contributed by atoms with Crippen LogP contribution in [-0.4, -0.2) is 9.13 Å². The molecule has 0 saturated heterocycles. The van der Waals surface area contributed by atoms with Crippen molar-refractivity contribution < 1.29 is 0 Å². The largest absolute Gasteiger partial charge is 0.316 e. The van der Waals surface area contributed by atoms with Gasteiger partial charge in [-0.15, -0.1) is 0 Å². The molecule has 0 spiro atoms. The van der Waals surface area contributed by atoms with E-state index in [9.17, 15) is 0 Å². The van der Waals surface area contributed by atoms with Crippen LogP contribution in [-0.2, 0) is 0 Å². The first-order valence-corrected chi connectivity index (χ1v) is 12.4. The molecule has 0 aliphatic rings. The van der Waals surface area contributed by atoms with Gasteiger partial charge < -0.3 is 9.13 Å². The highest BCUT2D eigenvalue weighted by Crippen LogP contribution is 2.45. The molecule has 0 amide bonds. The van der Waals surface area contributed by atoms with Gasteiger partial charge >= 0.3 is 0 Å². The van der Waals surface area contributed by atoms with Gasteiger partial charge in [-0.1, -0.05) is 91.0 Å². The Kier molecular flexibility index (Phi) is 3.97. The molecule has 0 aliphatic carbocycles. The van der Waals surface area contributed by atoms with Gasteiger partial charge in [0.2, 0.25) is 0 Å². The first-order chi connectivity index (χ1) is 17.9. The zero-order valence-corrected chi connectivity index (χ0v) is 19.6. The van der Waals surface area contributed by atoms with Gasteiger partial charge in [-0.3, -0.25) is 0 Å². The van der Waals surface area contributed by atoms with Crippen molar-refractivity contribution in [2.24, 2.45) is 0 Å². The van der Waals surface area contributed by atoms with Gasteiger partial charge in [0, 0.05) is 39.1 Å². The summed E-state index contributed by atoms with van der Waals surface area (Å²) >= 11 is 0. The third kappa shape index (κ3) is 2.56. The zero-order valence-electron chi connectivity index (χ0n) is 19.6. The van der Waals surface area contributed by atoms with Gasteiger partial charge in [-0.25, -0.2) is 0 Å². The molecule has 0 N–H and O–H groups in total. The number of para-hydroxylation sites is 2. The second-order valence-electron chi connectivity index (χ2n) is 9.40. The number of rotatable bonds is 2. The standard InChI is InChI=1S/C34H22N2/c1-3-12-24(13-4-1)35-22-21-29-33(35)28-18-10-9-17-27(28)32-31-26-16-8-7-11-23(26)19-20-30(31)36(34(29)32)25-14-5-2-6-15-25/h1-22H. The van der Waals surface area contributed by atoms with Crippen molar-refractivity contribution in [3.05, 3.63) is 134 Å². The van der Waals surface area contributed by atoms with E-state index >= 15 is 0 Å². The number of benzene rings is 6. The quantitative estimate of drug-likeness (QED) is 0.244.